The van der Waals surface area contributed by atoms with E-state index < -0.39 is 0 Å². The van der Waals surface area contributed by atoms with Crippen LogP contribution in [-0.4, -0.2) is 48.3 Å². The summed E-state index contributed by atoms with van der Waals surface area (Å²) in [5.74, 6) is 0. The summed E-state index contributed by atoms with van der Waals surface area (Å²) in [6.07, 6.45) is 4.26. The van der Waals surface area contributed by atoms with Crippen molar-refractivity contribution in [3.63, 3.8) is 0 Å². The van der Waals surface area contributed by atoms with E-state index in [2.05, 4.69) is 27.3 Å². The summed E-state index contributed by atoms with van der Waals surface area (Å²) in [5.41, 5.74) is 1.20. The number of nitrogens with one attached hydrogen (secondary N) is 1. The minimum atomic E-state index is 0.0469. The number of morpholine rings is 1. The van der Waals surface area contributed by atoms with Crippen LogP contribution in [0, 0.1) is 0 Å². The molecule has 0 aliphatic carbocycles. The Morgan fingerprint density at radius 3 is 3.22 bits per heavy atom. The summed E-state index contributed by atoms with van der Waals surface area (Å²) in [7, 11) is 0. The van der Waals surface area contributed by atoms with E-state index in [9.17, 15) is 0 Å². The highest BCUT2D eigenvalue weighted by Gasteiger charge is 2.37. The van der Waals surface area contributed by atoms with Crippen molar-refractivity contribution in [3.8, 4) is 0 Å². The van der Waals surface area contributed by atoms with Gasteiger partial charge < -0.3 is 10.1 Å². The SMILES string of the molecule is c1ccc(CN2CCCC3(CNCCO3)C2)nc1. The lowest BCUT2D eigenvalue weighted by atomic mass is 9.91. The van der Waals surface area contributed by atoms with Crippen LogP contribution in [0.4, 0.5) is 0 Å². The molecule has 1 spiro atoms. The highest BCUT2D eigenvalue weighted by Crippen LogP contribution is 2.26. The first-order valence-electron chi connectivity index (χ1n) is 6.83. The van der Waals surface area contributed by atoms with E-state index in [1.165, 1.54) is 12.8 Å². The molecule has 1 aromatic heterocycles. The lowest BCUT2D eigenvalue weighted by Crippen LogP contribution is -2.58. The van der Waals surface area contributed by atoms with E-state index in [1.54, 1.807) is 0 Å². The Balaban J connectivity index is 1.63. The number of hydrogen-bond acceptors (Lipinski definition) is 4. The fraction of sp³-hybridized carbons (Fsp3) is 0.643. The van der Waals surface area contributed by atoms with Crippen LogP contribution in [0.1, 0.15) is 18.5 Å². The summed E-state index contributed by atoms with van der Waals surface area (Å²) >= 11 is 0. The van der Waals surface area contributed by atoms with E-state index in [1.807, 2.05) is 12.3 Å². The van der Waals surface area contributed by atoms with Crippen LogP contribution >= 0.6 is 0 Å². The van der Waals surface area contributed by atoms with Crippen LogP contribution in [0.2, 0.25) is 0 Å². The van der Waals surface area contributed by atoms with Crippen LogP contribution in [0.25, 0.3) is 0 Å². The zero-order chi connectivity index (χ0) is 12.3. The molecular weight excluding hydrogens is 226 g/mol. The fourth-order valence-corrected chi connectivity index (χ4v) is 3.02. The van der Waals surface area contributed by atoms with Crippen LogP contribution in [0.3, 0.4) is 0 Å². The smallest absolute Gasteiger partial charge is 0.0933 e. The summed E-state index contributed by atoms with van der Waals surface area (Å²) < 4.78 is 6.05. The average molecular weight is 247 g/mol. The Morgan fingerprint density at radius 1 is 1.44 bits per heavy atom. The van der Waals surface area contributed by atoms with Gasteiger partial charge in [0.2, 0.25) is 0 Å². The van der Waals surface area contributed by atoms with Gasteiger partial charge in [0, 0.05) is 32.4 Å². The average Bonchev–Trinajstić information content (AvgIpc) is 2.41. The van der Waals surface area contributed by atoms with Gasteiger partial charge >= 0.3 is 0 Å². The number of piperidine rings is 1. The minimum Gasteiger partial charge on any atom is -0.371 e. The number of aromatic nitrogens is 1. The Labute approximate surface area is 108 Å². The third-order valence-electron chi connectivity index (χ3n) is 3.86. The van der Waals surface area contributed by atoms with E-state index in [0.29, 0.717) is 0 Å². The predicted octanol–water partition coefficient (Wildman–Crippen LogP) is 1.04. The van der Waals surface area contributed by atoms with Crippen molar-refractivity contribution in [2.45, 2.75) is 25.0 Å². The molecule has 1 N–H and O–H groups in total. The summed E-state index contributed by atoms with van der Waals surface area (Å²) in [6, 6.07) is 6.12. The minimum absolute atomic E-state index is 0.0469. The van der Waals surface area contributed by atoms with Crippen LogP contribution in [0.5, 0.6) is 0 Å². The highest BCUT2D eigenvalue weighted by molar-refractivity contribution is 5.04. The molecular formula is C14H21N3O. The molecule has 4 nitrogen and oxygen atoms in total. The highest BCUT2D eigenvalue weighted by atomic mass is 16.5. The predicted molar refractivity (Wildman–Crippen MR) is 70.3 cm³/mol. The Morgan fingerprint density at radius 2 is 2.44 bits per heavy atom. The maximum absolute atomic E-state index is 6.05. The maximum atomic E-state index is 6.05. The van der Waals surface area contributed by atoms with Crippen molar-refractivity contribution in [2.24, 2.45) is 0 Å². The van der Waals surface area contributed by atoms with Gasteiger partial charge in [0.25, 0.3) is 0 Å². The number of hydrogen-bond donors (Lipinski definition) is 1. The van der Waals surface area contributed by atoms with Crippen molar-refractivity contribution < 1.29 is 4.74 Å². The molecule has 2 saturated heterocycles. The Hall–Kier alpha value is -0.970. The molecule has 1 atom stereocenters. The lowest BCUT2D eigenvalue weighted by molar-refractivity contribution is -0.107. The molecule has 2 aliphatic rings. The molecule has 3 heterocycles. The van der Waals surface area contributed by atoms with E-state index in [4.69, 9.17) is 4.74 Å². The second kappa shape index (κ2) is 5.34. The third-order valence-corrected chi connectivity index (χ3v) is 3.86. The zero-order valence-electron chi connectivity index (χ0n) is 10.8. The van der Waals surface area contributed by atoms with Crippen molar-refractivity contribution in [2.75, 3.05) is 32.8 Å². The third kappa shape index (κ3) is 2.71. The lowest BCUT2D eigenvalue weighted by Gasteiger charge is -2.45. The van der Waals surface area contributed by atoms with Crippen LogP contribution in [0.15, 0.2) is 24.4 Å². The van der Waals surface area contributed by atoms with Crippen molar-refractivity contribution in [1.82, 2.24) is 15.2 Å². The van der Waals surface area contributed by atoms with E-state index in [0.717, 1.165) is 45.0 Å². The first kappa shape index (κ1) is 12.1. The van der Waals surface area contributed by atoms with Gasteiger partial charge in [-0.3, -0.25) is 9.88 Å². The van der Waals surface area contributed by atoms with Gasteiger partial charge in [-0.1, -0.05) is 6.07 Å². The summed E-state index contributed by atoms with van der Waals surface area (Å²) in [5, 5.41) is 3.46. The summed E-state index contributed by atoms with van der Waals surface area (Å²) in [4.78, 5) is 6.88. The fourth-order valence-electron chi connectivity index (χ4n) is 3.02. The molecule has 18 heavy (non-hydrogen) atoms. The van der Waals surface area contributed by atoms with Gasteiger partial charge in [-0.25, -0.2) is 0 Å². The van der Waals surface area contributed by atoms with Crippen molar-refractivity contribution in [3.05, 3.63) is 30.1 Å². The second-order valence-corrected chi connectivity index (χ2v) is 5.34. The molecule has 4 heteroatoms. The molecule has 2 aliphatic heterocycles. The normalized spacial score (nSPS) is 29.6. The Bertz CT molecular complexity index is 370. The standard InChI is InChI=1S/C14H21N3O/c1-2-6-16-13(4-1)10-17-8-3-5-14(12-17)11-15-7-9-18-14/h1-2,4,6,15H,3,5,7-12H2. The van der Waals surface area contributed by atoms with Gasteiger partial charge in [-0.2, -0.15) is 0 Å². The monoisotopic (exact) mass is 247 g/mol. The topological polar surface area (TPSA) is 37.4 Å². The van der Waals surface area contributed by atoms with E-state index in [-0.39, 0.29) is 5.60 Å². The van der Waals surface area contributed by atoms with Gasteiger partial charge in [0.1, 0.15) is 0 Å². The van der Waals surface area contributed by atoms with Gasteiger partial charge in [0.05, 0.1) is 17.9 Å². The molecule has 0 radical (unpaired) electrons. The second-order valence-electron chi connectivity index (χ2n) is 5.34. The first-order valence-corrected chi connectivity index (χ1v) is 6.83. The molecule has 0 amide bonds. The molecule has 3 rings (SSSR count). The van der Waals surface area contributed by atoms with Crippen LogP contribution in [-0.2, 0) is 11.3 Å². The van der Waals surface area contributed by atoms with Gasteiger partial charge in [-0.15, -0.1) is 0 Å². The first-order chi connectivity index (χ1) is 8.86. The number of ether oxygens (including phenoxy) is 1. The number of nitrogens with zero attached hydrogens (tertiary/aromatic N) is 2. The largest absolute Gasteiger partial charge is 0.371 e. The van der Waals surface area contributed by atoms with Gasteiger partial charge in [0.15, 0.2) is 0 Å². The number of likely N-dealkylation sites (tertiary alicyclic amines) is 1. The van der Waals surface area contributed by atoms with Crippen molar-refractivity contribution in [1.29, 1.82) is 0 Å². The molecule has 1 unspecified atom stereocenters. The van der Waals surface area contributed by atoms with Crippen LogP contribution < -0.4 is 5.32 Å². The molecule has 2 fully saturated rings. The molecule has 98 valence electrons. The molecule has 0 saturated carbocycles. The zero-order valence-corrected chi connectivity index (χ0v) is 10.8. The van der Waals surface area contributed by atoms with E-state index >= 15 is 0 Å². The molecule has 0 aromatic carbocycles. The number of rotatable bonds is 2. The maximum Gasteiger partial charge on any atom is 0.0933 e. The quantitative estimate of drug-likeness (QED) is 0.847. The Kier molecular flexibility index (Phi) is 3.59. The van der Waals surface area contributed by atoms with Gasteiger partial charge in [-0.05, 0) is 31.5 Å². The summed E-state index contributed by atoms with van der Waals surface area (Å²) in [6.45, 7) is 5.94. The number of pyridine rings is 1. The van der Waals surface area contributed by atoms with Crippen molar-refractivity contribution >= 4 is 0 Å². The molecule has 1 aromatic rings. The molecule has 0 bridgehead atoms.